The molecule has 0 spiro atoms. The second-order valence-electron chi connectivity index (χ2n) is 1.71. The van der Waals surface area contributed by atoms with Gasteiger partial charge in [0.2, 0.25) is 0 Å². The fraction of sp³-hybridized carbons (Fsp3) is 0.385. The smallest absolute Gasteiger partial charge is 0.115 e. The highest BCUT2D eigenvalue weighted by molar-refractivity contribution is 5.18. The van der Waals surface area contributed by atoms with E-state index < -0.39 is 0 Å². The number of rotatable bonds is 3. The van der Waals surface area contributed by atoms with Crippen LogP contribution in [0.15, 0.2) is 48.8 Å². The number of allylic oxidation sites excluding steroid dienone is 6. The summed E-state index contributed by atoms with van der Waals surface area (Å²) in [5.41, 5.74) is 0. The molecule has 14 heavy (non-hydrogen) atoms. The molecule has 0 unspecified atom stereocenters. The molecule has 0 heterocycles. The summed E-state index contributed by atoms with van der Waals surface area (Å²) < 4.78 is 0. The van der Waals surface area contributed by atoms with Crippen LogP contribution in [-0.4, -0.2) is 5.11 Å². The van der Waals surface area contributed by atoms with Gasteiger partial charge in [-0.15, -0.1) is 0 Å². The van der Waals surface area contributed by atoms with Crippen molar-refractivity contribution in [3.8, 4) is 0 Å². The van der Waals surface area contributed by atoms with Gasteiger partial charge in [0.15, 0.2) is 0 Å². The Labute approximate surface area is 89.2 Å². The predicted molar refractivity (Wildman–Crippen MR) is 67.6 cm³/mol. The van der Waals surface area contributed by atoms with Crippen molar-refractivity contribution in [3.63, 3.8) is 0 Å². The molecule has 0 fully saturated rings. The van der Waals surface area contributed by atoms with Crippen LogP contribution in [0.1, 0.15) is 34.6 Å². The van der Waals surface area contributed by atoms with E-state index in [0.717, 1.165) is 0 Å². The molecule has 0 aromatic heterocycles. The molecular weight excluding hydrogens is 172 g/mol. The van der Waals surface area contributed by atoms with E-state index in [4.69, 9.17) is 5.11 Å². The Morgan fingerprint density at radius 2 is 1.57 bits per heavy atom. The van der Waals surface area contributed by atoms with Crippen molar-refractivity contribution < 1.29 is 5.11 Å². The standard InChI is InChI=1S/C9H12O.2C2H6/c1-3-5-6-8-9(10)7-4-2;2*1-2/h3-8,10H,1H2,2H3;2*1-2H3/b6-5-,7-4-,9-8+;;. The lowest BCUT2D eigenvalue weighted by Crippen LogP contribution is -1.69. The zero-order valence-electron chi connectivity index (χ0n) is 10.1. The maximum absolute atomic E-state index is 8.96. The molecule has 0 saturated carbocycles. The van der Waals surface area contributed by atoms with Crippen molar-refractivity contribution in [2.45, 2.75) is 34.6 Å². The molecule has 0 aromatic rings. The molecule has 0 bridgehead atoms. The topological polar surface area (TPSA) is 20.2 Å². The molecule has 0 aliphatic rings. The van der Waals surface area contributed by atoms with E-state index in [0.29, 0.717) is 0 Å². The summed E-state index contributed by atoms with van der Waals surface area (Å²) in [6, 6.07) is 0. The highest BCUT2D eigenvalue weighted by Gasteiger charge is 1.76. The van der Waals surface area contributed by atoms with Crippen molar-refractivity contribution in [3.05, 3.63) is 48.8 Å². The highest BCUT2D eigenvalue weighted by Crippen LogP contribution is 1.90. The van der Waals surface area contributed by atoms with Crippen LogP contribution in [0.5, 0.6) is 0 Å². The van der Waals surface area contributed by atoms with E-state index in [1.54, 1.807) is 36.5 Å². The van der Waals surface area contributed by atoms with Gasteiger partial charge in [-0.2, -0.15) is 0 Å². The first-order valence-corrected chi connectivity index (χ1v) is 5.12. The fourth-order valence-corrected chi connectivity index (χ4v) is 0.459. The third kappa shape index (κ3) is 22.4. The second-order valence-corrected chi connectivity index (χ2v) is 1.71. The molecule has 1 nitrogen and oxygen atoms in total. The van der Waals surface area contributed by atoms with Gasteiger partial charge in [-0.25, -0.2) is 0 Å². The fourth-order valence-electron chi connectivity index (χ4n) is 0.459. The quantitative estimate of drug-likeness (QED) is 0.508. The van der Waals surface area contributed by atoms with Gasteiger partial charge >= 0.3 is 0 Å². The minimum absolute atomic E-state index is 0.251. The molecule has 1 N–H and O–H groups in total. The van der Waals surface area contributed by atoms with Gasteiger partial charge < -0.3 is 5.11 Å². The summed E-state index contributed by atoms with van der Waals surface area (Å²) in [6.07, 6.45) is 10.1. The number of aliphatic hydroxyl groups is 1. The Hall–Kier alpha value is -1.24. The normalized spacial score (nSPS) is 10.2. The molecule has 0 saturated heterocycles. The molecule has 0 aliphatic heterocycles. The van der Waals surface area contributed by atoms with Crippen LogP contribution in [0.25, 0.3) is 0 Å². The van der Waals surface area contributed by atoms with Crippen LogP contribution in [0, 0.1) is 0 Å². The zero-order chi connectivity index (χ0) is 11.8. The summed E-state index contributed by atoms with van der Waals surface area (Å²) in [5, 5.41) is 8.96. The average Bonchev–Trinajstić information content (AvgIpc) is 2.25. The van der Waals surface area contributed by atoms with Gasteiger partial charge in [0.05, 0.1) is 0 Å². The van der Waals surface area contributed by atoms with Crippen molar-refractivity contribution in [1.82, 2.24) is 0 Å². The maximum Gasteiger partial charge on any atom is 0.115 e. The van der Waals surface area contributed by atoms with E-state index in [9.17, 15) is 0 Å². The summed E-state index contributed by atoms with van der Waals surface area (Å²) in [4.78, 5) is 0. The van der Waals surface area contributed by atoms with Crippen molar-refractivity contribution in [2.24, 2.45) is 0 Å². The molecule has 0 rings (SSSR count). The van der Waals surface area contributed by atoms with Crippen molar-refractivity contribution in [2.75, 3.05) is 0 Å². The largest absolute Gasteiger partial charge is 0.508 e. The summed E-state index contributed by atoms with van der Waals surface area (Å²) >= 11 is 0. The minimum atomic E-state index is 0.251. The van der Waals surface area contributed by atoms with E-state index >= 15 is 0 Å². The first-order valence-electron chi connectivity index (χ1n) is 5.12. The van der Waals surface area contributed by atoms with Gasteiger partial charge in [0, 0.05) is 0 Å². The molecular formula is C13H24O. The van der Waals surface area contributed by atoms with Crippen molar-refractivity contribution >= 4 is 0 Å². The Morgan fingerprint density at radius 1 is 1.07 bits per heavy atom. The Bertz CT molecular complexity index is 174. The number of aliphatic hydroxyl groups excluding tert-OH is 1. The van der Waals surface area contributed by atoms with E-state index in [2.05, 4.69) is 6.58 Å². The molecule has 0 atom stereocenters. The van der Waals surface area contributed by atoms with Gasteiger partial charge in [-0.3, -0.25) is 0 Å². The van der Waals surface area contributed by atoms with Crippen LogP contribution in [0.4, 0.5) is 0 Å². The SMILES string of the molecule is C=C\C=C/C=C(O)\C=C/C.CC.CC. The third-order valence-electron chi connectivity index (χ3n) is 0.852. The van der Waals surface area contributed by atoms with Crippen molar-refractivity contribution in [1.29, 1.82) is 0 Å². The van der Waals surface area contributed by atoms with Crippen LogP contribution >= 0.6 is 0 Å². The lowest BCUT2D eigenvalue weighted by atomic mass is 10.3. The number of hydrogen-bond donors (Lipinski definition) is 1. The highest BCUT2D eigenvalue weighted by atomic mass is 16.3. The van der Waals surface area contributed by atoms with Crippen LogP contribution in [-0.2, 0) is 0 Å². The number of hydrogen-bond acceptors (Lipinski definition) is 1. The summed E-state index contributed by atoms with van der Waals surface area (Å²) in [6.45, 7) is 13.3. The monoisotopic (exact) mass is 196 g/mol. The minimum Gasteiger partial charge on any atom is -0.508 e. The van der Waals surface area contributed by atoms with Crippen LogP contribution in [0.3, 0.4) is 0 Å². The molecule has 0 aliphatic carbocycles. The lowest BCUT2D eigenvalue weighted by Gasteiger charge is -1.83. The summed E-state index contributed by atoms with van der Waals surface area (Å²) in [5.74, 6) is 0.251. The van der Waals surface area contributed by atoms with Crippen LogP contribution in [0.2, 0.25) is 0 Å². The Morgan fingerprint density at radius 3 is 1.93 bits per heavy atom. The van der Waals surface area contributed by atoms with Gasteiger partial charge in [-0.05, 0) is 19.1 Å². The van der Waals surface area contributed by atoms with Crippen LogP contribution < -0.4 is 0 Å². The zero-order valence-corrected chi connectivity index (χ0v) is 10.1. The lowest BCUT2D eigenvalue weighted by molar-refractivity contribution is 0.432. The second kappa shape index (κ2) is 22.6. The van der Waals surface area contributed by atoms with Gasteiger partial charge in [0.1, 0.15) is 5.76 Å². The molecule has 1 heteroatoms. The maximum atomic E-state index is 8.96. The molecule has 82 valence electrons. The Balaban J connectivity index is -0.000000266. The van der Waals surface area contributed by atoms with E-state index in [1.807, 2.05) is 34.6 Å². The molecule has 0 amide bonds. The van der Waals surface area contributed by atoms with E-state index in [-0.39, 0.29) is 5.76 Å². The predicted octanol–water partition coefficient (Wildman–Crippen LogP) is 4.80. The first kappa shape index (κ1) is 18.5. The van der Waals surface area contributed by atoms with Gasteiger partial charge in [0.25, 0.3) is 0 Å². The average molecular weight is 196 g/mol. The molecule has 0 radical (unpaired) electrons. The Kier molecular flexibility index (Phi) is 29.9. The third-order valence-corrected chi connectivity index (χ3v) is 0.852. The van der Waals surface area contributed by atoms with E-state index in [1.165, 1.54) is 0 Å². The first-order chi connectivity index (χ1) is 6.81. The molecule has 0 aromatic carbocycles. The summed E-state index contributed by atoms with van der Waals surface area (Å²) in [7, 11) is 0. The van der Waals surface area contributed by atoms with Gasteiger partial charge in [-0.1, -0.05) is 58.6 Å².